The van der Waals surface area contributed by atoms with Crippen LogP contribution in [0.2, 0.25) is 0 Å². The Labute approximate surface area is 102 Å². The second-order valence-electron chi connectivity index (χ2n) is 4.37. The second-order valence-corrected chi connectivity index (χ2v) is 4.37. The number of nitrogens with zero attached hydrogens (tertiary/aromatic N) is 2. The lowest BCUT2D eigenvalue weighted by atomic mass is 9.96. The van der Waals surface area contributed by atoms with Gasteiger partial charge in [-0.05, 0) is 38.3 Å². The fourth-order valence-corrected chi connectivity index (χ4v) is 2.12. The van der Waals surface area contributed by atoms with Crippen molar-refractivity contribution >= 4 is 5.82 Å². The first-order valence-electron chi connectivity index (χ1n) is 6.19. The highest BCUT2D eigenvalue weighted by Gasteiger charge is 2.12. The molecule has 1 unspecified atom stereocenters. The molecule has 1 aliphatic heterocycles. The number of methoxy groups -OCH3 is 1. The third kappa shape index (κ3) is 3.85. The molecular formula is C12H20N4O. The van der Waals surface area contributed by atoms with Gasteiger partial charge in [0, 0.05) is 12.6 Å². The van der Waals surface area contributed by atoms with E-state index < -0.39 is 0 Å². The molecule has 0 aliphatic carbocycles. The van der Waals surface area contributed by atoms with Crippen LogP contribution in [0.4, 0.5) is 5.82 Å². The monoisotopic (exact) mass is 236 g/mol. The van der Waals surface area contributed by atoms with Gasteiger partial charge in [-0.25, -0.2) is 9.97 Å². The van der Waals surface area contributed by atoms with Gasteiger partial charge < -0.3 is 15.4 Å². The lowest BCUT2D eigenvalue weighted by Gasteiger charge is -2.22. The van der Waals surface area contributed by atoms with Crippen molar-refractivity contribution in [3.05, 3.63) is 12.4 Å². The molecule has 0 saturated carbocycles. The summed E-state index contributed by atoms with van der Waals surface area (Å²) >= 11 is 0. The molecule has 0 bridgehead atoms. The molecule has 1 aromatic rings. The molecule has 2 N–H and O–H groups in total. The van der Waals surface area contributed by atoms with Crippen molar-refractivity contribution in [2.24, 2.45) is 5.92 Å². The van der Waals surface area contributed by atoms with Crippen molar-refractivity contribution in [1.29, 1.82) is 0 Å². The standard InChI is InChI=1S/C12H20N4O/c1-17-12-7-11(15-9-16-12)14-6-4-10-3-2-5-13-8-10/h7,9-10,13H,2-6,8H2,1H3,(H,14,15,16). The van der Waals surface area contributed by atoms with E-state index in [0.717, 1.165) is 24.8 Å². The molecule has 0 spiro atoms. The number of nitrogens with one attached hydrogen (secondary N) is 2. The van der Waals surface area contributed by atoms with Crippen molar-refractivity contribution in [1.82, 2.24) is 15.3 Å². The second kappa shape index (κ2) is 6.39. The van der Waals surface area contributed by atoms with Crippen molar-refractivity contribution in [3.63, 3.8) is 0 Å². The quantitative estimate of drug-likeness (QED) is 0.806. The number of ether oxygens (including phenoxy) is 1. The molecular weight excluding hydrogens is 216 g/mol. The van der Waals surface area contributed by atoms with Gasteiger partial charge in [0.25, 0.3) is 0 Å². The van der Waals surface area contributed by atoms with Crippen LogP contribution in [-0.2, 0) is 0 Å². The molecule has 1 aliphatic rings. The van der Waals surface area contributed by atoms with E-state index in [0.29, 0.717) is 5.88 Å². The number of anilines is 1. The fourth-order valence-electron chi connectivity index (χ4n) is 2.12. The summed E-state index contributed by atoms with van der Waals surface area (Å²) in [5.41, 5.74) is 0. The maximum Gasteiger partial charge on any atom is 0.218 e. The first-order chi connectivity index (χ1) is 8.38. The minimum Gasteiger partial charge on any atom is -0.481 e. The average Bonchev–Trinajstić information content (AvgIpc) is 2.40. The van der Waals surface area contributed by atoms with Gasteiger partial charge in [-0.3, -0.25) is 0 Å². The van der Waals surface area contributed by atoms with Crippen LogP contribution in [0.3, 0.4) is 0 Å². The van der Waals surface area contributed by atoms with E-state index in [1.165, 1.54) is 32.1 Å². The zero-order valence-corrected chi connectivity index (χ0v) is 10.3. The smallest absolute Gasteiger partial charge is 0.218 e. The Kier molecular flexibility index (Phi) is 4.55. The van der Waals surface area contributed by atoms with Crippen LogP contribution in [0.5, 0.6) is 5.88 Å². The molecule has 0 radical (unpaired) electrons. The SMILES string of the molecule is COc1cc(NCCC2CCCNC2)ncn1. The molecule has 94 valence electrons. The summed E-state index contributed by atoms with van der Waals surface area (Å²) in [4.78, 5) is 8.12. The summed E-state index contributed by atoms with van der Waals surface area (Å²) in [6.07, 6.45) is 5.33. The molecule has 2 rings (SSSR count). The molecule has 1 aromatic heterocycles. The summed E-state index contributed by atoms with van der Waals surface area (Å²) in [7, 11) is 1.61. The number of rotatable bonds is 5. The zero-order valence-electron chi connectivity index (χ0n) is 10.3. The number of aromatic nitrogens is 2. The maximum atomic E-state index is 5.05. The number of piperidine rings is 1. The minimum atomic E-state index is 0.599. The fraction of sp³-hybridized carbons (Fsp3) is 0.667. The topological polar surface area (TPSA) is 59.1 Å². The largest absolute Gasteiger partial charge is 0.481 e. The Hall–Kier alpha value is -1.36. The molecule has 1 saturated heterocycles. The average molecular weight is 236 g/mol. The molecule has 5 heteroatoms. The first-order valence-corrected chi connectivity index (χ1v) is 6.19. The summed E-state index contributed by atoms with van der Waals surface area (Å²) in [5, 5.41) is 6.74. The molecule has 17 heavy (non-hydrogen) atoms. The minimum absolute atomic E-state index is 0.599. The van der Waals surface area contributed by atoms with Crippen molar-refractivity contribution < 1.29 is 4.74 Å². The summed E-state index contributed by atoms with van der Waals surface area (Å²) in [5.74, 6) is 2.22. The van der Waals surface area contributed by atoms with Gasteiger partial charge in [0.1, 0.15) is 12.1 Å². The highest BCUT2D eigenvalue weighted by molar-refractivity contribution is 5.36. The highest BCUT2D eigenvalue weighted by Crippen LogP contribution is 2.15. The Morgan fingerprint density at radius 1 is 1.53 bits per heavy atom. The van der Waals surface area contributed by atoms with E-state index in [1.807, 2.05) is 6.07 Å². The third-order valence-corrected chi connectivity index (χ3v) is 3.11. The predicted molar refractivity (Wildman–Crippen MR) is 67.3 cm³/mol. The molecule has 2 heterocycles. The molecule has 0 amide bonds. The van der Waals surface area contributed by atoms with Gasteiger partial charge in [-0.15, -0.1) is 0 Å². The van der Waals surface area contributed by atoms with E-state index in [-0.39, 0.29) is 0 Å². The van der Waals surface area contributed by atoms with Gasteiger partial charge in [0.2, 0.25) is 5.88 Å². The van der Waals surface area contributed by atoms with Crippen molar-refractivity contribution in [3.8, 4) is 5.88 Å². The van der Waals surface area contributed by atoms with Crippen LogP contribution in [0, 0.1) is 5.92 Å². The lowest BCUT2D eigenvalue weighted by molar-refractivity contribution is 0.364. The third-order valence-electron chi connectivity index (χ3n) is 3.11. The van der Waals surface area contributed by atoms with Crippen molar-refractivity contribution in [2.45, 2.75) is 19.3 Å². The van der Waals surface area contributed by atoms with E-state index >= 15 is 0 Å². The van der Waals surface area contributed by atoms with E-state index in [4.69, 9.17) is 4.74 Å². The molecule has 5 nitrogen and oxygen atoms in total. The van der Waals surface area contributed by atoms with Crippen LogP contribution in [0.1, 0.15) is 19.3 Å². The number of hydrogen-bond acceptors (Lipinski definition) is 5. The lowest BCUT2D eigenvalue weighted by Crippen LogP contribution is -2.30. The van der Waals surface area contributed by atoms with E-state index in [2.05, 4.69) is 20.6 Å². The molecule has 0 aromatic carbocycles. The zero-order chi connectivity index (χ0) is 11.9. The van der Waals surface area contributed by atoms with Crippen LogP contribution in [0.25, 0.3) is 0 Å². The van der Waals surface area contributed by atoms with Gasteiger partial charge in [-0.2, -0.15) is 0 Å². The molecule has 1 fully saturated rings. The Morgan fingerprint density at radius 3 is 3.24 bits per heavy atom. The summed E-state index contributed by atoms with van der Waals surface area (Å²) in [6.45, 7) is 3.27. The van der Waals surface area contributed by atoms with Gasteiger partial charge in [0.15, 0.2) is 0 Å². The predicted octanol–water partition coefficient (Wildman–Crippen LogP) is 1.29. The Bertz CT molecular complexity index is 339. The first kappa shape index (κ1) is 12.1. The van der Waals surface area contributed by atoms with Crippen molar-refractivity contribution in [2.75, 3.05) is 32.1 Å². The van der Waals surface area contributed by atoms with Gasteiger partial charge in [0.05, 0.1) is 7.11 Å². The summed E-state index contributed by atoms with van der Waals surface area (Å²) < 4.78 is 5.05. The van der Waals surface area contributed by atoms with Crippen LogP contribution >= 0.6 is 0 Å². The Morgan fingerprint density at radius 2 is 2.47 bits per heavy atom. The number of hydrogen-bond donors (Lipinski definition) is 2. The van der Waals surface area contributed by atoms with Gasteiger partial charge in [-0.1, -0.05) is 0 Å². The van der Waals surface area contributed by atoms with E-state index in [9.17, 15) is 0 Å². The maximum absolute atomic E-state index is 5.05. The van der Waals surface area contributed by atoms with E-state index in [1.54, 1.807) is 7.11 Å². The Balaban J connectivity index is 1.73. The highest BCUT2D eigenvalue weighted by atomic mass is 16.5. The van der Waals surface area contributed by atoms with Crippen LogP contribution in [0.15, 0.2) is 12.4 Å². The van der Waals surface area contributed by atoms with Crippen LogP contribution < -0.4 is 15.4 Å². The summed E-state index contributed by atoms with van der Waals surface area (Å²) in [6, 6.07) is 1.82. The van der Waals surface area contributed by atoms with Gasteiger partial charge >= 0.3 is 0 Å². The van der Waals surface area contributed by atoms with Crippen LogP contribution in [-0.4, -0.2) is 36.7 Å². The normalized spacial score (nSPS) is 19.9. The molecule has 1 atom stereocenters.